The standard InChI is InChI=1S/C22H23N5O2/c1-6-17-15-10-12(2)18(29-5)11-16(15)22(28)27(17)21-13(3)14(4)25-20(26-21)19-23-8-7-9-24-19/h7-11,17H,6H2,1-5H3. The first kappa shape index (κ1) is 19.0. The fourth-order valence-corrected chi connectivity index (χ4v) is 3.81. The highest BCUT2D eigenvalue weighted by atomic mass is 16.5. The minimum Gasteiger partial charge on any atom is -0.496 e. The minimum absolute atomic E-state index is 0.0775. The maximum atomic E-state index is 13.4. The maximum absolute atomic E-state index is 13.4. The number of nitrogens with zero attached hydrogens (tertiary/aromatic N) is 5. The van der Waals surface area contributed by atoms with E-state index in [2.05, 4.69) is 21.9 Å². The lowest BCUT2D eigenvalue weighted by Crippen LogP contribution is -2.29. The van der Waals surface area contributed by atoms with E-state index in [0.29, 0.717) is 28.8 Å². The Labute approximate surface area is 169 Å². The van der Waals surface area contributed by atoms with Crippen LogP contribution in [0.3, 0.4) is 0 Å². The molecule has 1 atom stereocenters. The predicted molar refractivity (Wildman–Crippen MR) is 110 cm³/mol. The maximum Gasteiger partial charge on any atom is 0.260 e. The van der Waals surface area contributed by atoms with Crippen LogP contribution >= 0.6 is 0 Å². The molecule has 4 rings (SSSR count). The molecular formula is C22H23N5O2. The molecule has 7 nitrogen and oxygen atoms in total. The lowest BCUT2D eigenvalue weighted by Gasteiger charge is -2.25. The van der Waals surface area contributed by atoms with Crippen molar-refractivity contribution in [1.82, 2.24) is 19.9 Å². The number of benzene rings is 1. The molecule has 1 aliphatic rings. The molecule has 2 aromatic heterocycles. The van der Waals surface area contributed by atoms with Crippen molar-refractivity contribution >= 4 is 11.7 Å². The van der Waals surface area contributed by atoms with Crippen molar-refractivity contribution in [2.24, 2.45) is 0 Å². The van der Waals surface area contributed by atoms with E-state index in [1.807, 2.05) is 32.9 Å². The summed E-state index contributed by atoms with van der Waals surface area (Å²) in [5, 5.41) is 0. The van der Waals surface area contributed by atoms with Gasteiger partial charge in [-0.15, -0.1) is 0 Å². The molecule has 0 saturated heterocycles. The highest BCUT2D eigenvalue weighted by molar-refractivity contribution is 6.11. The number of aromatic nitrogens is 4. The fourth-order valence-electron chi connectivity index (χ4n) is 3.81. The number of hydrogen-bond acceptors (Lipinski definition) is 6. The Balaban J connectivity index is 1.88. The molecular weight excluding hydrogens is 366 g/mol. The molecule has 0 N–H and O–H groups in total. The third-order valence-corrected chi connectivity index (χ3v) is 5.43. The van der Waals surface area contributed by atoms with Crippen LogP contribution in [0.15, 0.2) is 30.6 Å². The Morgan fingerprint density at radius 2 is 1.79 bits per heavy atom. The van der Waals surface area contributed by atoms with Crippen LogP contribution in [0.4, 0.5) is 5.82 Å². The number of aryl methyl sites for hydroxylation is 2. The van der Waals surface area contributed by atoms with E-state index in [1.54, 1.807) is 30.5 Å². The van der Waals surface area contributed by atoms with E-state index in [1.165, 1.54) is 0 Å². The molecule has 1 aliphatic heterocycles. The summed E-state index contributed by atoms with van der Waals surface area (Å²) in [7, 11) is 1.62. The molecule has 1 unspecified atom stereocenters. The first-order valence-electron chi connectivity index (χ1n) is 9.61. The Bertz CT molecular complexity index is 1100. The van der Waals surface area contributed by atoms with Gasteiger partial charge in [-0.3, -0.25) is 9.69 Å². The van der Waals surface area contributed by atoms with E-state index in [4.69, 9.17) is 9.72 Å². The summed E-state index contributed by atoms with van der Waals surface area (Å²) in [5.41, 5.74) is 4.34. The van der Waals surface area contributed by atoms with Gasteiger partial charge in [0.25, 0.3) is 5.91 Å². The zero-order valence-corrected chi connectivity index (χ0v) is 17.2. The number of hydrogen-bond donors (Lipinski definition) is 0. The van der Waals surface area contributed by atoms with Crippen molar-refractivity contribution in [3.63, 3.8) is 0 Å². The normalized spacial score (nSPS) is 15.6. The van der Waals surface area contributed by atoms with Gasteiger partial charge in [0.2, 0.25) is 0 Å². The highest BCUT2D eigenvalue weighted by Crippen LogP contribution is 2.42. The van der Waals surface area contributed by atoms with Crippen LogP contribution in [0.25, 0.3) is 11.6 Å². The number of fused-ring (bicyclic) bond motifs is 1. The summed E-state index contributed by atoms with van der Waals surface area (Å²) >= 11 is 0. The van der Waals surface area contributed by atoms with Crippen molar-refractivity contribution in [1.29, 1.82) is 0 Å². The molecule has 3 heterocycles. The van der Waals surface area contributed by atoms with Gasteiger partial charge in [0, 0.05) is 29.2 Å². The van der Waals surface area contributed by atoms with Crippen molar-refractivity contribution in [2.45, 2.75) is 40.2 Å². The molecule has 148 valence electrons. The first-order valence-corrected chi connectivity index (χ1v) is 9.61. The van der Waals surface area contributed by atoms with Gasteiger partial charge >= 0.3 is 0 Å². The van der Waals surface area contributed by atoms with Crippen molar-refractivity contribution in [3.05, 3.63) is 58.5 Å². The zero-order chi connectivity index (χ0) is 20.7. The number of anilines is 1. The molecule has 1 amide bonds. The summed E-state index contributed by atoms with van der Waals surface area (Å²) in [4.78, 5) is 33.0. The number of amides is 1. The molecule has 0 radical (unpaired) electrons. The van der Waals surface area contributed by atoms with Crippen LogP contribution in [0.2, 0.25) is 0 Å². The molecule has 0 saturated carbocycles. The average molecular weight is 389 g/mol. The van der Waals surface area contributed by atoms with Crippen LogP contribution in [-0.4, -0.2) is 33.0 Å². The Hall–Kier alpha value is -3.35. The van der Waals surface area contributed by atoms with Crippen LogP contribution < -0.4 is 9.64 Å². The van der Waals surface area contributed by atoms with Gasteiger partial charge in [-0.2, -0.15) is 0 Å². The number of carbonyl (C=O) groups is 1. The lowest BCUT2D eigenvalue weighted by molar-refractivity contribution is 0.0989. The van der Waals surface area contributed by atoms with E-state index >= 15 is 0 Å². The van der Waals surface area contributed by atoms with E-state index in [9.17, 15) is 4.79 Å². The summed E-state index contributed by atoms with van der Waals surface area (Å²) in [6.45, 7) is 7.91. The molecule has 3 aromatic rings. The number of rotatable bonds is 4. The topological polar surface area (TPSA) is 81.1 Å². The Morgan fingerprint density at radius 3 is 2.45 bits per heavy atom. The van der Waals surface area contributed by atoms with Crippen LogP contribution in [-0.2, 0) is 0 Å². The van der Waals surface area contributed by atoms with Gasteiger partial charge in [0.1, 0.15) is 11.6 Å². The number of methoxy groups -OCH3 is 1. The van der Waals surface area contributed by atoms with Crippen LogP contribution in [0, 0.1) is 20.8 Å². The second kappa shape index (κ2) is 7.24. The van der Waals surface area contributed by atoms with Gasteiger partial charge in [0.15, 0.2) is 11.6 Å². The van der Waals surface area contributed by atoms with E-state index in [-0.39, 0.29) is 11.9 Å². The van der Waals surface area contributed by atoms with Crippen LogP contribution in [0.1, 0.15) is 52.1 Å². The summed E-state index contributed by atoms with van der Waals surface area (Å²) in [6, 6.07) is 5.53. The van der Waals surface area contributed by atoms with Gasteiger partial charge < -0.3 is 4.74 Å². The molecule has 0 aliphatic carbocycles. The van der Waals surface area contributed by atoms with Gasteiger partial charge in [-0.25, -0.2) is 19.9 Å². The second-order valence-corrected chi connectivity index (χ2v) is 7.16. The third kappa shape index (κ3) is 3.03. The number of ether oxygens (including phenoxy) is 1. The monoisotopic (exact) mass is 389 g/mol. The summed E-state index contributed by atoms with van der Waals surface area (Å²) < 4.78 is 5.44. The van der Waals surface area contributed by atoms with Crippen molar-refractivity contribution < 1.29 is 9.53 Å². The predicted octanol–water partition coefficient (Wildman–Crippen LogP) is 3.98. The van der Waals surface area contributed by atoms with E-state index < -0.39 is 0 Å². The van der Waals surface area contributed by atoms with Crippen molar-refractivity contribution in [2.75, 3.05) is 12.0 Å². The quantitative estimate of drug-likeness (QED) is 0.671. The first-order chi connectivity index (χ1) is 14.0. The summed E-state index contributed by atoms with van der Waals surface area (Å²) in [6.07, 6.45) is 4.08. The molecule has 0 bridgehead atoms. The Kier molecular flexibility index (Phi) is 4.74. The zero-order valence-electron chi connectivity index (χ0n) is 17.2. The molecule has 29 heavy (non-hydrogen) atoms. The fraction of sp³-hybridized carbons (Fsp3) is 0.318. The van der Waals surface area contributed by atoms with E-state index in [0.717, 1.165) is 28.8 Å². The summed E-state index contributed by atoms with van der Waals surface area (Å²) in [5.74, 6) is 2.08. The third-order valence-electron chi connectivity index (χ3n) is 5.43. The molecule has 7 heteroatoms. The number of carbonyl (C=O) groups excluding carboxylic acids is 1. The van der Waals surface area contributed by atoms with Gasteiger partial charge in [0.05, 0.1) is 13.2 Å². The molecule has 1 aromatic carbocycles. The molecule has 0 spiro atoms. The molecule has 0 fully saturated rings. The Morgan fingerprint density at radius 1 is 1.07 bits per heavy atom. The smallest absolute Gasteiger partial charge is 0.260 e. The van der Waals surface area contributed by atoms with Crippen molar-refractivity contribution in [3.8, 4) is 17.4 Å². The second-order valence-electron chi connectivity index (χ2n) is 7.16. The highest BCUT2D eigenvalue weighted by Gasteiger charge is 2.39. The average Bonchev–Trinajstić information content (AvgIpc) is 3.00. The van der Waals surface area contributed by atoms with Gasteiger partial charge in [-0.1, -0.05) is 6.92 Å². The minimum atomic E-state index is -0.0975. The SMILES string of the molecule is CCC1c2cc(C)c(OC)cc2C(=O)N1c1nc(-c2ncccn2)nc(C)c1C. The largest absolute Gasteiger partial charge is 0.496 e. The van der Waals surface area contributed by atoms with Crippen LogP contribution in [0.5, 0.6) is 5.75 Å². The van der Waals surface area contributed by atoms with Gasteiger partial charge in [-0.05, 0) is 56.5 Å². The lowest BCUT2D eigenvalue weighted by atomic mass is 9.99.